The number of nitro groups is 1. The maximum absolute atomic E-state index is 13.0. The minimum atomic E-state index is -4.82. The highest BCUT2D eigenvalue weighted by atomic mass is 19.4. The van der Waals surface area contributed by atoms with Crippen molar-refractivity contribution in [3.05, 3.63) is 51.0 Å². The SMILES string of the molecule is CC/C(=C/c1ccc(F)c(C(F)(F)F)c1)[N+](=O)[O-]. The van der Waals surface area contributed by atoms with E-state index in [1.165, 1.54) is 6.92 Å². The zero-order valence-corrected chi connectivity index (χ0v) is 9.29. The minimum Gasteiger partial charge on any atom is -0.259 e. The van der Waals surface area contributed by atoms with Crippen LogP contribution in [0.5, 0.6) is 0 Å². The third-order valence-electron chi connectivity index (χ3n) is 2.23. The van der Waals surface area contributed by atoms with Crippen LogP contribution < -0.4 is 0 Å². The van der Waals surface area contributed by atoms with Crippen molar-refractivity contribution in [2.24, 2.45) is 0 Å². The van der Waals surface area contributed by atoms with E-state index in [1.807, 2.05) is 0 Å². The molecule has 1 aromatic rings. The summed E-state index contributed by atoms with van der Waals surface area (Å²) in [6.07, 6.45) is -3.77. The molecule has 18 heavy (non-hydrogen) atoms. The van der Waals surface area contributed by atoms with Gasteiger partial charge < -0.3 is 0 Å². The van der Waals surface area contributed by atoms with Crippen molar-refractivity contribution >= 4 is 6.08 Å². The zero-order valence-electron chi connectivity index (χ0n) is 9.29. The minimum absolute atomic E-state index is 0.0581. The van der Waals surface area contributed by atoms with Crippen LogP contribution in [0, 0.1) is 15.9 Å². The summed E-state index contributed by atoms with van der Waals surface area (Å²) in [4.78, 5) is 9.84. The van der Waals surface area contributed by atoms with Crippen molar-refractivity contribution < 1.29 is 22.5 Å². The lowest BCUT2D eigenvalue weighted by Crippen LogP contribution is -2.08. The molecule has 0 spiro atoms. The van der Waals surface area contributed by atoms with Gasteiger partial charge in [0, 0.05) is 12.5 Å². The molecule has 0 aromatic heterocycles. The molecule has 1 rings (SSSR count). The number of allylic oxidation sites excluding steroid dienone is 1. The van der Waals surface area contributed by atoms with Gasteiger partial charge in [-0.25, -0.2) is 4.39 Å². The van der Waals surface area contributed by atoms with Crippen LogP contribution in [0.2, 0.25) is 0 Å². The van der Waals surface area contributed by atoms with Gasteiger partial charge in [0.2, 0.25) is 5.70 Å². The fourth-order valence-corrected chi connectivity index (χ4v) is 1.33. The van der Waals surface area contributed by atoms with E-state index in [-0.39, 0.29) is 17.7 Å². The van der Waals surface area contributed by atoms with Gasteiger partial charge in [0.25, 0.3) is 0 Å². The highest BCUT2D eigenvalue weighted by Crippen LogP contribution is 2.32. The molecule has 0 atom stereocenters. The van der Waals surface area contributed by atoms with E-state index in [9.17, 15) is 27.7 Å². The molecule has 0 heterocycles. The molecule has 0 aliphatic heterocycles. The maximum atomic E-state index is 13.0. The van der Waals surface area contributed by atoms with Gasteiger partial charge in [-0.2, -0.15) is 13.2 Å². The zero-order chi connectivity index (χ0) is 13.9. The summed E-state index contributed by atoms with van der Waals surface area (Å²) in [5.74, 6) is -1.40. The molecule has 0 aliphatic carbocycles. The summed E-state index contributed by atoms with van der Waals surface area (Å²) in [7, 11) is 0. The van der Waals surface area contributed by atoms with Gasteiger partial charge in [-0.05, 0) is 17.7 Å². The van der Waals surface area contributed by atoms with Crippen molar-refractivity contribution in [2.45, 2.75) is 19.5 Å². The van der Waals surface area contributed by atoms with E-state index in [0.29, 0.717) is 12.1 Å². The molecule has 0 saturated carbocycles. The van der Waals surface area contributed by atoms with Crippen molar-refractivity contribution in [3.63, 3.8) is 0 Å². The van der Waals surface area contributed by atoms with Gasteiger partial charge in [0.05, 0.1) is 10.5 Å². The van der Waals surface area contributed by atoms with Crippen LogP contribution in [0.15, 0.2) is 23.9 Å². The Balaban J connectivity index is 3.25. The molecule has 98 valence electrons. The van der Waals surface area contributed by atoms with Gasteiger partial charge in [0.1, 0.15) is 5.82 Å². The molecule has 0 saturated heterocycles. The van der Waals surface area contributed by atoms with Crippen LogP contribution in [0.3, 0.4) is 0 Å². The molecule has 0 radical (unpaired) electrons. The Morgan fingerprint density at radius 3 is 2.50 bits per heavy atom. The Morgan fingerprint density at radius 2 is 2.06 bits per heavy atom. The van der Waals surface area contributed by atoms with Crippen molar-refractivity contribution in [1.82, 2.24) is 0 Å². The van der Waals surface area contributed by atoms with E-state index in [0.717, 1.165) is 12.1 Å². The summed E-state index contributed by atoms with van der Waals surface area (Å²) in [5, 5.41) is 10.5. The monoisotopic (exact) mass is 263 g/mol. The first-order chi connectivity index (χ1) is 8.25. The molecule has 0 unspecified atom stereocenters. The molecule has 0 bridgehead atoms. The summed E-state index contributed by atoms with van der Waals surface area (Å²) in [5.41, 5.74) is -1.73. The van der Waals surface area contributed by atoms with Crippen LogP contribution in [-0.2, 0) is 6.18 Å². The first-order valence-corrected chi connectivity index (χ1v) is 4.97. The van der Waals surface area contributed by atoms with E-state index in [1.54, 1.807) is 0 Å². The van der Waals surface area contributed by atoms with Gasteiger partial charge in [-0.15, -0.1) is 0 Å². The number of hydrogen-bond acceptors (Lipinski definition) is 2. The van der Waals surface area contributed by atoms with Crippen LogP contribution >= 0.6 is 0 Å². The quantitative estimate of drug-likeness (QED) is 0.472. The predicted molar refractivity (Wildman–Crippen MR) is 56.7 cm³/mol. The molecule has 7 heteroatoms. The summed E-state index contributed by atoms with van der Waals surface area (Å²) >= 11 is 0. The normalized spacial score (nSPS) is 12.6. The van der Waals surface area contributed by atoms with E-state index >= 15 is 0 Å². The lowest BCUT2D eigenvalue weighted by molar-refractivity contribution is -0.425. The largest absolute Gasteiger partial charge is 0.419 e. The summed E-state index contributed by atoms with van der Waals surface area (Å²) < 4.78 is 50.2. The molecule has 0 fully saturated rings. The molecular formula is C11H9F4NO2. The second kappa shape index (κ2) is 5.16. The number of rotatable bonds is 3. The fourth-order valence-electron chi connectivity index (χ4n) is 1.33. The molecule has 1 aromatic carbocycles. The van der Waals surface area contributed by atoms with Crippen LogP contribution in [-0.4, -0.2) is 4.92 Å². The second-order valence-electron chi connectivity index (χ2n) is 3.48. The van der Waals surface area contributed by atoms with Crippen LogP contribution in [0.1, 0.15) is 24.5 Å². The highest BCUT2D eigenvalue weighted by Gasteiger charge is 2.34. The summed E-state index contributed by atoms with van der Waals surface area (Å²) in [6, 6.07) is 2.25. The van der Waals surface area contributed by atoms with Gasteiger partial charge in [-0.1, -0.05) is 13.0 Å². The molecule has 0 N–H and O–H groups in total. The van der Waals surface area contributed by atoms with Gasteiger partial charge in [0.15, 0.2) is 0 Å². The van der Waals surface area contributed by atoms with E-state index in [4.69, 9.17) is 0 Å². The Bertz CT molecular complexity index is 494. The van der Waals surface area contributed by atoms with Crippen LogP contribution in [0.4, 0.5) is 17.6 Å². The summed E-state index contributed by atoms with van der Waals surface area (Å²) in [6.45, 7) is 1.50. The number of halogens is 4. The Kier molecular flexibility index (Phi) is 4.05. The second-order valence-corrected chi connectivity index (χ2v) is 3.48. The van der Waals surface area contributed by atoms with E-state index < -0.39 is 22.5 Å². The van der Waals surface area contributed by atoms with Gasteiger partial charge in [-0.3, -0.25) is 10.1 Å². The lowest BCUT2D eigenvalue weighted by Gasteiger charge is -2.08. The number of benzene rings is 1. The molecule has 3 nitrogen and oxygen atoms in total. The van der Waals surface area contributed by atoms with Gasteiger partial charge >= 0.3 is 6.18 Å². The first-order valence-electron chi connectivity index (χ1n) is 4.97. The number of alkyl halides is 3. The first kappa shape index (κ1) is 14.1. The molecular weight excluding hydrogens is 254 g/mol. The topological polar surface area (TPSA) is 43.1 Å². The lowest BCUT2D eigenvalue weighted by atomic mass is 10.1. The highest BCUT2D eigenvalue weighted by molar-refractivity contribution is 5.52. The average molecular weight is 263 g/mol. The Labute approximate surface area is 99.9 Å². The van der Waals surface area contributed by atoms with Crippen molar-refractivity contribution in [2.75, 3.05) is 0 Å². The third kappa shape index (κ3) is 3.28. The van der Waals surface area contributed by atoms with Crippen LogP contribution in [0.25, 0.3) is 6.08 Å². The number of hydrogen-bond donors (Lipinski definition) is 0. The number of nitrogens with zero attached hydrogens (tertiary/aromatic N) is 1. The fraction of sp³-hybridized carbons (Fsp3) is 0.273. The molecule has 0 aliphatic rings. The smallest absolute Gasteiger partial charge is 0.259 e. The predicted octanol–water partition coefficient (Wildman–Crippen LogP) is 3.87. The third-order valence-corrected chi connectivity index (χ3v) is 2.23. The van der Waals surface area contributed by atoms with Crippen molar-refractivity contribution in [1.29, 1.82) is 0 Å². The Hall–Kier alpha value is -1.92. The standard InChI is InChI=1S/C11H9F4NO2/c1-2-8(16(17)18)5-7-3-4-10(12)9(6-7)11(13,14)15/h3-6H,2H2,1H3/b8-5-. The average Bonchev–Trinajstić information content (AvgIpc) is 2.25. The Morgan fingerprint density at radius 1 is 1.44 bits per heavy atom. The maximum Gasteiger partial charge on any atom is 0.419 e. The van der Waals surface area contributed by atoms with Crippen molar-refractivity contribution in [3.8, 4) is 0 Å². The molecule has 0 amide bonds. The van der Waals surface area contributed by atoms with E-state index in [2.05, 4.69) is 0 Å².